The van der Waals surface area contributed by atoms with E-state index in [1.165, 1.54) is 0 Å². The van der Waals surface area contributed by atoms with Crippen molar-refractivity contribution in [1.29, 1.82) is 0 Å². The van der Waals surface area contributed by atoms with Gasteiger partial charge < -0.3 is 16.0 Å². The third-order valence-corrected chi connectivity index (χ3v) is 3.68. The van der Waals surface area contributed by atoms with E-state index in [4.69, 9.17) is 0 Å². The van der Waals surface area contributed by atoms with Crippen LogP contribution in [0.2, 0.25) is 0 Å². The summed E-state index contributed by atoms with van der Waals surface area (Å²) >= 11 is 0. The fraction of sp³-hybridized carbons (Fsp3) is 0.500. The second-order valence-corrected chi connectivity index (χ2v) is 5.36. The maximum absolute atomic E-state index is 12.4. The zero-order chi connectivity index (χ0) is 15.2. The average molecular weight is 289 g/mol. The van der Waals surface area contributed by atoms with Gasteiger partial charge in [0.2, 0.25) is 5.91 Å². The van der Waals surface area contributed by atoms with Crippen molar-refractivity contribution in [3.05, 3.63) is 34.9 Å². The highest BCUT2D eigenvalue weighted by molar-refractivity contribution is 5.98. The third-order valence-electron chi connectivity index (χ3n) is 3.68. The largest absolute Gasteiger partial charge is 0.354 e. The van der Waals surface area contributed by atoms with Crippen molar-refractivity contribution >= 4 is 11.8 Å². The molecule has 0 aliphatic carbocycles. The van der Waals surface area contributed by atoms with Gasteiger partial charge in [0.15, 0.2) is 0 Å². The molecule has 0 spiro atoms. The molecule has 5 heteroatoms. The van der Waals surface area contributed by atoms with Crippen LogP contribution >= 0.6 is 0 Å². The Morgan fingerprint density at radius 3 is 2.95 bits per heavy atom. The zero-order valence-electron chi connectivity index (χ0n) is 12.7. The van der Waals surface area contributed by atoms with Crippen LogP contribution in [-0.4, -0.2) is 30.9 Å². The van der Waals surface area contributed by atoms with Gasteiger partial charge in [0.25, 0.3) is 5.91 Å². The van der Waals surface area contributed by atoms with Crippen molar-refractivity contribution in [2.75, 3.05) is 13.1 Å². The molecule has 1 aliphatic rings. The summed E-state index contributed by atoms with van der Waals surface area (Å²) in [6, 6.07) is 5.23. The van der Waals surface area contributed by atoms with E-state index in [2.05, 4.69) is 16.0 Å². The molecule has 3 N–H and O–H groups in total. The van der Waals surface area contributed by atoms with Crippen LogP contribution in [0.3, 0.4) is 0 Å². The fourth-order valence-corrected chi connectivity index (χ4v) is 2.49. The number of hydrogen-bond donors (Lipinski definition) is 3. The molecular formula is C16H23N3O2. The molecule has 1 atom stereocenters. The second-order valence-electron chi connectivity index (χ2n) is 5.36. The topological polar surface area (TPSA) is 70.2 Å². The molecule has 0 fully saturated rings. The van der Waals surface area contributed by atoms with E-state index in [0.717, 1.165) is 37.1 Å². The Hall–Kier alpha value is -1.88. The van der Waals surface area contributed by atoms with E-state index in [-0.39, 0.29) is 11.8 Å². The van der Waals surface area contributed by atoms with Gasteiger partial charge in [-0.1, -0.05) is 19.1 Å². The van der Waals surface area contributed by atoms with E-state index < -0.39 is 6.04 Å². The monoisotopic (exact) mass is 289 g/mol. The quantitative estimate of drug-likeness (QED) is 0.756. The SMILES string of the molecule is CCCNC(=O)C(C)NC(=O)c1cccc2c1CCNC2. The minimum absolute atomic E-state index is 0.142. The Kier molecular flexibility index (Phi) is 5.33. The fourth-order valence-electron chi connectivity index (χ4n) is 2.49. The Balaban J connectivity index is 2.05. The molecule has 1 unspecified atom stereocenters. The molecule has 1 aliphatic heterocycles. The van der Waals surface area contributed by atoms with Crippen LogP contribution in [0.15, 0.2) is 18.2 Å². The van der Waals surface area contributed by atoms with Gasteiger partial charge in [-0.15, -0.1) is 0 Å². The standard InChI is InChI=1S/C16H23N3O2/c1-3-8-18-15(20)11(2)19-16(21)14-6-4-5-12-10-17-9-7-13(12)14/h4-6,11,17H,3,7-10H2,1-2H3,(H,18,20)(H,19,21). The average Bonchev–Trinajstić information content (AvgIpc) is 2.51. The lowest BCUT2D eigenvalue weighted by Gasteiger charge is -2.21. The Bertz CT molecular complexity index is 528. The van der Waals surface area contributed by atoms with Gasteiger partial charge in [-0.25, -0.2) is 0 Å². The molecule has 0 saturated heterocycles. The van der Waals surface area contributed by atoms with Crippen molar-refractivity contribution < 1.29 is 9.59 Å². The number of hydrogen-bond acceptors (Lipinski definition) is 3. The number of nitrogens with one attached hydrogen (secondary N) is 3. The number of carbonyl (C=O) groups is 2. The summed E-state index contributed by atoms with van der Waals surface area (Å²) in [4.78, 5) is 24.2. The lowest BCUT2D eigenvalue weighted by atomic mass is 9.95. The molecular weight excluding hydrogens is 266 g/mol. The van der Waals surface area contributed by atoms with Crippen molar-refractivity contribution in [1.82, 2.24) is 16.0 Å². The maximum Gasteiger partial charge on any atom is 0.252 e. The normalized spacial score (nSPS) is 15.0. The Labute approximate surface area is 125 Å². The predicted octanol–water partition coefficient (Wildman–Crippen LogP) is 0.977. The minimum atomic E-state index is -0.526. The molecule has 0 bridgehead atoms. The molecule has 2 rings (SSSR count). The predicted molar refractivity (Wildman–Crippen MR) is 82.1 cm³/mol. The minimum Gasteiger partial charge on any atom is -0.354 e. The zero-order valence-corrected chi connectivity index (χ0v) is 12.7. The summed E-state index contributed by atoms with van der Waals surface area (Å²) in [7, 11) is 0. The first-order valence-corrected chi connectivity index (χ1v) is 7.53. The van der Waals surface area contributed by atoms with Crippen molar-refractivity contribution in [3.63, 3.8) is 0 Å². The van der Waals surface area contributed by atoms with Gasteiger partial charge in [-0.2, -0.15) is 0 Å². The highest BCUT2D eigenvalue weighted by atomic mass is 16.2. The molecule has 1 aromatic rings. The lowest BCUT2D eigenvalue weighted by molar-refractivity contribution is -0.122. The number of amides is 2. The number of benzene rings is 1. The molecule has 114 valence electrons. The summed E-state index contributed by atoms with van der Waals surface area (Å²) in [5.74, 6) is -0.315. The first-order chi connectivity index (χ1) is 10.1. The van der Waals surface area contributed by atoms with Gasteiger partial charge in [0.05, 0.1) is 0 Å². The molecule has 1 heterocycles. The van der Waals surface area contributed by atoms with Crippen molar-refractivity contribution in [3.8, 4) is 0 Å². The smallest absolute Gasteiger partial charge is 0.252 e. The molecule has 1 aromatic carbocycles. The molecule has 0 aromatic heterocycles. The first kappa shape index (κ1) is 15.5. The van der Waals surface area contributed by atoms with Crippen LogP contribution < -0.4 is 16.0 Å². The van der Waals surface area contributed by atoms with Crippen LogP contribution in [0.4, 0.5) is 0 Å². The van der Waals surface area contributed by atoms with Crippen molar-refractivity contribution in [2.24, 2.45) is 0 Å². The summed E-state index contributed by atoms with van der Waals surface area (Å²) in [6.45, 7) is 6.01. The number of fused-ring (bicyclic) bond motifs is 1. The molecule has 5 nitrogen and oxygen atoms in total. The third kappa shape index (κ3) is 3.82. The van der Waals surface area contributed by atoms with Crippen LogP contribution in [0, 0.1) is 0 Å². The summed E-state index contributed by atoms with van der Waals surface area (Å²) in [5, 5.41) is 8.86. The molecule has 2 amide bonds. The number of carbonyl (C=O) groups excluding carboxylic acids is 2. The van der Waals surface area contributed by atoms with Gasteiger partial charge >= 0.3 is 0 Å². The summed E-state index contributed by atoms with van der Waals surface area (Å²) in [5.41, 5.74) is 2.94. The van der Waals surface area contributed by atoms with Gasteiger partial charge in [0.1, 0.15) is 6.04 Å². The van der Waals surface area contributed by atoms with Crippen LogP contribution in [-0.2, 0) is 17.8 Å². The molecule has 21 heavy (non-hydrogen) atoms. The highest BCUT2D eigenvalue weighted by Gasteiger charge is 2.20. The highest BCUT2D eigenvalue weighted by Crippen LogP contribution is 2.18. The molecule has 0 radical (unpaired) electrons. The van der Waals surface area contributed by atoms with E-state index in [9.17, 15) is 9.59 Å². The first-order valence-electron chi connectivity index (χ1n) is 7.53. The summed E-state index contributed by atoms with van der Waals surface area (Å²) < 4.78 is 0. The Morgan fingerprint density at radius 1 is 1.38 bits per heavy atom. The lowest BCUT2D eigenvalue weighted by Crippen LogP contribution is -2.45. The molecule has 0 saturated carbocycles. The van der Waals surface area contributed by atoms with Crippen molar-refractivity contribution in [2.45, 2.75) is 39.3 Å². The van der Waals surface area contributed by atoms with Crippen LogP contribution in [0.5, 0.6) is 0 Å². The van der Waals surface area contributed by atoms with E-state index >= 15 is 0 Å². The number of rotatable bonds is 5. The van der Waals surface area contributed by atoms with Crippen LogP contribution in [0.25, 0.3) is 0 Å². The maximum atomic E-state index is 12.4. The van der Waals surface area contributed by atoms with Gasteiger partial charge in [-0.3, -0.25) is 9.59 Å². The van der Waals surface area contributed by atoms with E-state index in [1.807, 2.05) is 25.1 Å². The summed E-state index contributed by atoms with van der Waals surface area (Å²) in [6.07, 6.45) is 1.72. The van der Waals surface area contributed by atoms with E-state index in [0.29, 0.717) is 12.1 Å². The Morgan fingerprint density at radius 2 is 2.19 bits per heavy atom. The van der Waals surface area contributed by atoms with Gasteiger partial charge in [0, 0.05) is 18.7 Å². The second kappa shape index (κ2) is 7.22. The van der Waals surface area contributed by atoms with E-state index in [1.54, 1.807) is 6.92 Å². The van der Waals surface area contributed by atoms with Crippen LogP contribution in [0.1, 0.15) is 41.8 Å². The van der Waals surface area contributed by atoms with Gasteiger partial charge in [-0.05, 0) is 43.5 Å².